The van der Waals surface area contributed by atoms with E-state index in [1.807, 2.05) is 33.9 Å². The van der Waals surface area contributed by atoms with Gasteiger partial charge in [0.25, 0.3) is 0 Å². The summed E-state index contributed by atoms with van der Waals surface area (Å²) in [5.41, 5.74) is 1.09. The van der Waals surface area contributed by atoms with Crippen LogP contribution in [0.15, 0.2) is 16.5 Å². The topological polar surface area (TPSA) is 101 Å². The zero-order chi connectivity index (χ0) is 20.6. The summed E-state index contributed by atoms with van der Waals surface area (Å²) in [7, 11) is 0. The molecule has 7 nitrogen and oxygen atoms in total. The third-order valence-electron chi connectivity index (χ3n) is 5.05. The highest BCUT2D eigenvalue weighted by Gasteiger charge is 2.23. The van der Waals surface area contributed by atoms with E-state index < -0.39 is 0 Å². The van der Waals surface area contributed by atoms with Crippen molar-refractivity contribution in [3.8, 4) is 0 Å². The van der Waals surface area contributed by atoms with E-state index in [0.717, 1.165) is 56.9 Å². The molecule has 1 atom stereocenters. The fourth-order valence-corrected chi connectivity index (χ4v) is 3.56. The smallest absolute Gasteiger partial charge is 0.226 e. The van der Waals surface area contributed by atoms with Crippen LogP contribution in [0.1, 0.15) is 87.4 Å². The van der Waals surface area contributed by atoms with E-state index in [0.29, 0.717) is 12.1 Å². The molecule has 6 N–H and O–H groups in total. The first-order valence-electron chi connectivity index (χ1n) is 11.7. The standard InChI is InChI=1S/C18H33N5O.2C2H6.H2O.H2/c1-2-3-12-24-18-20-13-16(21-14-6-4-5-7-14)17(23-18)22-15-8-10-19-11-9-15;2*1-2;;/h13-15,18-19,21-23H,2-12H2,1H3;2*1-2H3;1H2;1H. The quantitative estimate of drug-likeness (QED) is 0.456. The summed E-state index contributed by atoms with van der Waals surface area (Å²) in [6.07, 6.45) is 11.4. The molecule has 3 aliphatic rings. The predicted octanol–water partition coefficient (Wildman–Crippen LogP) is 3.28. The molecule has 7 heteroatoms. The van der Waals surface area contributed by atoms with Gasteiger partial charge in [-0.15, -0.1) is 0 Å². The first-order chi connectivity index (χ1) is 13.8. The Morgan fingerprint density at radius 2 is 1.66 bits per heavy atom. The Morgan fingerprint density at radius 1 is 1.03 bits per heavy atom. The first kappa shape index (κ1) is 27.7. The van der Waals surface area contributed by atoms with Crippen LogP contribution in [0.4, 0.5) is 0 Å². The van der Waals surface area contributed by atoms with E-state index in [9.17, 15) is 0 Å². The van der Waals surface area contributed by atoms with Crippen molar-refractivity contribution in [2.45, 2.75) is 104 Å². The minimum Gasteiger partial charge on any atom is -0.412 e. The molecular formula is C22H49N5O2. The fraction of sp³-hybridized carbons (Fsp3) is 0.864. The van der Waals surface area contributed by atoms with Crippen LogP contribution in [0, 0.1) is 0 Å². The van der Waals surface area contributed by atoms with Crippen molar-refractivity contribution in [2.75, 3.05) is 19.7 Å². The fourth-order valence-electron chi connectivity index (χ4n) is 3.56. The van der Waals surface area contributed by atoms with Crippen LogP contribution in [0.3, 0.4) is 0 Å². The summed E-state index contributed by atoms with van der Waals surface area (Å²) >= 11 is 0. The molecule has 2 fully saturated rings. The molecule has 1 saturated heterocycles. The van der Waals surface area contributed by atoms with Gasteiger partial charge in [0.05, 0.1) is 18.5 Å². The number of aliphatic imine (C=N–C) groups is 1. The van der Waals surface area contributed by atoms with Crippen molar-refractivity contribution in [3.63, 3.8) is 0 Å². The van der Waals surface area contributed by atoms with Gasteiger partial charge in [0.2, 0.25) is 6.35 Å². The average Bonchev–Trinajstić information content (AvgIpc) is 3.27. The number of rotatable bonds is 8. The summed E-state index contributed by atoms with van der Waals surface area (Å²) in [4.78, 5) is 4.54. The Kier molecular flexibility index (Phi) is 16.7. The number of allylic oxidation sites excluding steroid dienone is 1. The minimum absolute atomic E-state index is 0. The lowest BCUT2D eigenvalue weighted by molar-refractivity contribution is 0.0381. The van der Waals surface area contributed by atoms with Gasteiger partial charge in [-0.05, 0) is 45.2 Å². The predicted molar refractivity (Wildman–Crippen MR) is 126 cm³/mol. The molecule has 1 aliphatic carbocycles. The Labute approximate surface area is 180 Å². The molecule has 174 valence electrons. The lowest BCUT2D eigenvalue weighted by Gasteiger charge is -2.31. The number of nitrogens with one attached hydrogen (secondary N) is 4. The molecule has 2 aliphatic heterocycles. The minimum atomic E-state index is -0.269. The van der Waals surface area contributed by atoms with E-state index >= 15 is 0 Å². The Morgan fingerprint density at radius 3 is 2.28 bits per heavy atom. The zero-order valence-electron chi connectivity index (χ0n) is 19.4. The largest absolute Gasteiger partial charge is 0.412 e. The Bertz CT molecular complexity index is 451. The Hall–Kier alpha value is -1.31. The van der Waals surface area contributed by atoms with E-state index in [4.69, 9.17) is 4.74 Å². The number of nitrogens with zero attached hydrogens (tertiary/aromatic N) is 1. The van der Waals surface area contributed by atoms with Crippen molar-refractivity contribution < 1.29 is 11.6 Å². The molecule has 2 heterocycles. The average molecular weight is 416 g/mol. The molecule has 1 saturated carbocycles. The van der Waals surface area contributed by atoms with Gasteiger partial charge in [0.15, 0.2) is 0 Å². The third-order valence-corrected chi connectivity index (χ3v) is 5.05. The highest BCUT2D eigenvalue weighted by molar-refractivity contribution is 5.79. The lowest BCUT2D eigenvalue weighted by Crippen LogP contribution is -2.48. The highest BCUT2D eigenvalue weighted by Crippen LogP contribution is 2.20. The summed E-state index contributed by atoms with van der Waals surface area (Å²) < 4.78 is 5.84. The van der Waals surface area contributed by atoms with Gasteiger partial charge in [-0.3, -0.25) is 0 Å². The molecule has 1 unspecified atom stereocenters. The number of unbranched alkanes of at least 4 members (excludes halogenated alkanes) is 1. The molecule has 0 spiro atoms. The third kappa shape index (κ3) is 10.3. The van der Waals surface area contributed by atoms with Crippen LogP contribution >= 0.6 is 0 Å². The van der Waals surface area contributed by atoms with Crippen LogP contribution in [-0.2, 0) is 4.74 Å². The molecule has 0 aromatic carbocycles. The van der Waals surface area contributed by atoms with Crippen molar-refractivity contribution in [3.05, 3.63) is 11.5 Å². The molecule has 29 heavy (non-hydrogen) atoms. The Balaban J connectivity index is 0. The number of piperidine rings is 1. The second kappa shape index (κ2) is 17.5. The van der Waals surface area contributed by atoms with E-state index in [-0.39, 0.29) is 13.3 Å². The molecule has 3 rings (SSSR count). The van der Waals surface area contributed by atoms with E-state index in [2.05, 4.69) is 33.2 Å². The van der Waals surface area contributed by atoms with E-state index in [1.54, 1.807) is 0 Å². The molecule has 0 aromatic rings. The van der Waals surface area contributed by atoms with E-state index in [1.165, 1.54) is 25.7 Å². The van der Waals surface area contributed by atoms with Gasteiger partial charge in [-0.2, -0.15) is 0 Å². The molecule has 0 aromatic heterocycles. The van der Waals surface area contributed by atoms with Gasteiger partial charge in [0.1, 0.15) is 5.82 Å². The summed E-state index contributed by atoms with van der Waals surface area (Å²) in [5, 5.41) is 14.2. The van der Waals surface area contributed by atoms with Crippen LogP contribution in [0.25, 0.3) is 0 Å². The zero-order valence-corrected chi connectivity index (χ0v) is 19.4. The maximum atomic E-state index is 5.84. The summed E-state index contributed by atoms with van der Waals surface area (Å²) in [6, 6.07) is 1.09. The van der Waals surface area contributed by atoms with Gasteiger partial charge >= 0.3 is 0 Å². The maximum Gasteiger partial charge on any atom is 0.226 e. The van der Waals surface area contributed by atoms with Crippen LogP contribution in [-0.4, -0.2) is 49.8 Å². The molecule has 0 bridgehead atoms. The van der Waals surface area contributed by atoms with Crippen LogP contribution in [0.5, 0.6) is 0 Å². The second-order valence-electron chi connectivity index (χ2n) is 7.08. The highest BCUT2D eigenvalue weighted by atomic mass is 16.5. The van der Waals surface area contributed by atoms with Crippen molar-refractivity contribution in [1.82, 2.24) is 21.3 Å². The maximum absolute atomic E-state index is 5.84. The SMILES string of the molecule is CC.CC.CCCCOC1N=CC(NC2CCCC2)=C(NC2CCNCC2)N1.O.[HH]. The molecule has 0 amide bonds. The number of ether oxygens (including phenoxy) is 1. The van der Waals surface area contributed by atoms with Crippen molar-refractivity contribution >= 4 is 6.21 Å². The van der Waals surface area contributed by atoms with Crippen molar-refractivity contribution in [1.29, 1.82) is 0 Å². The van der Waals surface area contributed by atoms with Gasteiger partial charge in [-0.25, -0.2) is 4.99 Å². The number of hydrogen-bond acceptors (Lipinski definition) is 6. The summed E-state index contributed by atoms with van der Waals surface area (Å²) in [5.74, 6) is 1.06. The first-order valence-corrected chi connectivity index (χ1v) is 11.7. The molecular weight excluding hydrogens is 366 g/mol. The number of hydrogen-bond donors (Lipinski definition) is 4. The lowest BCUT2D eigenvalue weighted by atomic mass is 10.1. The van der Waals surface area contributed by atoms with Gasteiger partial charge in [0, 0.05) is 13.5 Å². The normalized spacial score (nSPS) is 21.8. The van der Waals surface area contributed by atoms with Gasteiger partial charge < -0.3 is 31.5 Å². The monoisotopic (exact) mass is 415 g/mol. The summed E-state index contributed by atoms with van der Waals surface area (Å²) in [6.45, 7) is 13.1. The second-order valence-corrected chi connectivity index (χ2v) is 7.08. The van der Waals surface area contributed by atoms with Crippen LogP contribution < -0.4 is 21.3 Å². The van der Waals surface area contributed by atoms with Crippen LogP contribution in [0.2, 0.25) is 0 Å². The van der Waals surface area contributed by atoms with Crippen molar-refractivity contribution in [2.24, 2.45) is 4.99 Å². The molecule has 0 radical (unpaired) electrons. The van der Waals surface area contributed by atoms with Gasteiger partial charge in [-0.1, -0.05) is 53.9 Å².